The lowest BCUT2D eigenvalue weighted by Crippen LogP contribution is -2.53. The summed E-state index contributed by atoms with van der Waals surface area (Å²) in [7, 11) is 1.61. The molecule has 1 saturated heterocycles. The number of nitrogens with zero attached hydrogens (tertiary/aromatic N) is 6. The van der Waals surface area contributed by atoms with Crippen molar-refractivity contribution in [3.8, 4) is 11.4 Å². The summed E-state index contributed by atoms with van der Waals surface area (Å²) in [6.45, 7) is 2.58. The number of methoxy groups -OCH3 is 1. The van der Waals surface area contributed by atoms with Crippen molar-refractivity contribution >= 4 is 23.6 Å². The average Bonchev–Trinajstić information content (AvgIpc) is 3.50. The van der Waals surface area contributed by atoms with Crippen LogP contribution in [0.4, 0.5) is 10.6 Å². The molecular formula is C20H22N6O3. The van der Waals surface area contributed by atoms with E-state index in [1.54, 1.807) is 22.9 Å². The number of aromatic nitrogens is 2. The van der Waals surface area contributed by atoms with Crippen molar-refractivity contribution in [3.05, 3.63) is 36.0 Å². The fraction of sp³-hybridized carbons (Fsp3) is 0.400. The van der Waals surface area contributed by atoms with E-state index in [4.69, 9.17) is 4.74 Å². The molecule has 9 heteroatoms. The van der Waals surface area contributed by atoms with Gasteiger partial charge in [0, 0.05) is 19.6 Å². The predicted molar refractivity (Wildman–Crippen MR) is 107 cm³/mol. The van der Waals surface area contributed by atoms with Crippen LogP contribution in [0.1, 0.15) is 18.4 Å². The van der Waals surface area contributed by atoms with Crippen molar-refractivity contribution in [2.75, 3.05) is 44.7 Å². The van der Waals surface area contributed by atoms with Gasteiger partial charge in [0.05, 0.1) is 31.1 Å². The summed E-state index contributed by atoms with van der Waals surface area (Å²) in [6, 6.07) is 7.21. The molecule has 150 valence electrons. The number of amidine groups is 1. The van der Waals surface area contributed by atoms with Gasteiger partial charge in [0.25, 0.3) is 0 Å². The number of anilines is 1. The SMILES string of the molecule is COc1ccc(-n2ncc3c2N(CC(=O)N2CCCC2)C(=O)N2CCN=C32)cc1. The molecule has 0 saturated carbocycles. The van der Waals surface area contributed by atoms with E-state index in [1.807, 2.05) is 29.2 Å². The summed E-state index contributed by atoms with van der Waals surface area (Å²) >= 11 is 0. The molecule has 1 fully saturated rings. The van der Waals surface area contributed by atoms with Gasteiger partial charge in [-0.15, -0.1) is 0 Å². The first-order chi connectivity index (χ1) is 14.2. The molecular weight excluding hydrogens is 372 g/mol. The van der Waals surface area contributed by atoms with Crippen molar-refractivity contribution in [1.29, 1.82) is 0 Å². The van der Waals surface area contributed by atoms with Gasteiger partial charge in [0.2, 0.25) is 5.91 Å². The normalized spacial score (nSPS) is 18.0. The highest BCUT2D eigenvalue weighted by molar-refractivity contribution is 6.20. The summed E-state index contributed by atoms with van der Waals surface area (Å²) in [6.07, 6.45) is 3.74. The summed E-state index contributed by atoms with van der Waals surface area (Å²) in [5.74, 6) is 1.92. The van der Waals surface area contributed by atoms with Gasteiger partial charge >= 0.3 is 6.03 Å². The lowest BCUT2D eigenvalue weighted by molar-refractivity contribution is -0.128. The van der Waals surface area contributed by atoms with Crippen LogP contribution in [0.15, 0.2) is 35.5 Å². The zero-order valence-electron chi connectivity index (χ0n) is 16.2. The highest BCUT2D eigenvalue weighted by atomic mass is 16.5. The smallest absolute Gasteiger partial charge is 0.331 e. The maximum Gasteiger partial charge on any atom is 0.331 e. The minimum Gasteiger partial charge on any atom is -0.497 e. The molecule has 3 aliphatic rings. The third kappa shape index (κ3) is 2.84. The molecule has 1 aromatic carbocycles. The Morgan fingerprint density at radius 3 is 2.62 bits per heavy atom. The Morgan fingerprint density at radius 2 is 1.90 bits per heavy atom. The van der Waals surface area contributed by atoms with Crippen LogP contribution in [0.3, 0.4) is 0 Å². The molecule has 0 bridgehead atoms. The average molecular weight is 394 g/mol. The Morgan fingerprint density at radius 1 is 1.14 bits per heavy atom. The molecule has 9 nitrogen and oxygen atoms in total. The molecule has 3 aliphatic heterocycles. The van der Waals surface area contributed by atoms with E-state index in [0.29, 0.717) is 24.7 Å². The number of likely N-dealkylation sites (tertiary alicyclic amines) is 1. The Labute approximate surface area is 168 Å². The molecule has 4 heterocycles. The van der Waals surface area contributed by atoms with Crippen LogP contribution >= 0.6 is 0 Å². The minimum atomic E-state index is -0.225. The third-order valence-electron chi connectivity index (χ3n) is 5.61. The van der Waals surface area contributed by atoms with Crippen molar-refractivity contribution in [1.82, 2.24) is 19.6 Å². The Bertz CT molecular complexity index is 990. The maximum atomic E-state index is 13.2. The number of ether oxygens (including phenoxy) is 1. The number of carbonyl (C=O) groups is 2. The fourth-order valence-corrected chi connectivity index (χ4v) is 4.12. The number of benzene rings is 1. The number of hydrogen-bond acceptors (Lipinski definition) is 5. The van der Waals surface area contributed by atoms with Crippen LogP contribution in [-0.4, -0.2) is 77.2 Å². The topological polar surface area (TPSA) is 83.3 Å². The first-order valence-electron chi connectivity index (χ1n) is 9.81. The van der Waals surface area contributed by atoms with Crippen molar-refractivity contribution in [2.45, 2.75) is 12.8 Å². The molecule has 0 aliphatic carbocycles. The zero-order valence-corrected chi connectivity index (χ0v) is 16.2. The zero-order chi connectivity index (χ0) is 20.0. The number of aliphatic imine (C=N–C) groups is 1. The van der Waals surface area contributed by atoms with Crippen molar-refractivity contribution < 1.29 is 14.3 Å². The van der Waals surface area contributed by atoms with E-state index in [-0.39, 0.29) is 18.5 Å². The van der Waals surface area contributed by atoms with Crippen LogP contribution in [-0.2, 0) is 4.79 Å². The van der Waals surface area contributed by atoms with Crippen LogP contribution in [0.5, 0.6) is 5.75 Å². The van der Waals surface area contributed by atoms with Gasteiger partial charge in [-0.1, -0.05) is 0 Å². The van der Waals surface area contributed by atoms with E-state index in [1.165, 1.54) is 4.90 Å². The number of carbonyl (C=O) groups excluding carboxylic acids is 2. The van der Waals surface area contributed by atoms with Crippen LogP contribution in [0, 0.1) is 0 Å². The lowest BCUT2D eigenvalue weighted by Gasteiger charge is -2.34. The molecule has 0 radical (unpaired) electrons. The van der Waals surface area contributed by atoms with E-state index < -0.39 is 0 Å². The van der Waals surface area contributed by atoms with E-state index in [2.05, 4.69) is 10.1 Å². The van der Waals surface area contributed by atoms with Gasteiger partial charge in [-0.25, -0.2) is 9.48 Å². The second-order valence-electron chi connectivity index (χ2n) is 7.31. The van der Waals surface area contributed by atoms with E-state index in [9.17, 15) is 9.59 Å². The van der Waals surface area contributed by atoms with Crippen LogP contribution < -0.4 is 9.64 Å². The first kappa shape index (κ1) is 17.7. The quantitative estimate of drug-likeness (QED) is 0.787. The molecule has 2 aromatic rings. The summed E-state index contributed by atoms with van der Waals surface area (Å²) in [4.78, 5) is 35.6. The molecule has 0 N–H and O–H groups in total. The Balaban J connectivity index is 1.56. The molecule has 3 amide bonds. The predicted octanol–water partition coefficient (Wildman–Crippen LogP) is 1.51. The van der Waals surface area contributed by atoms with Gasteiger partial charge in [-0.2, -0.15) is 5.10 Å². The molecule has 5 rings (SSSR count). The van der Waals surface area contributed by atoms with Gasteiger partial charge < -0.3 is 9.64 Å². The Hall–Kier alpha value is -3.36. The minimum absolute atomic E-state index is 0.00252. The second kappa shape index (κ2) is 6.91. The monoisotopic (exact) mass is 394 g/mol. The Kier molecular flexibility index (Phi) is 4.22. The highest BCUT2D eigenvalue weighted by Crippen LogP contribution is 2.33. The molecule has 29 heavy (non-hydrogen) atoms. The second-order valence-corrected chi connectivity index (χ2v) is 7.31. The molecule has 0 unspecified atom stereocenters. The standard InChI is InChI=1S/C20H22N6O3/c1-29-15-6-4-14(5-7-15)26-19-16(12-22-26)18-21-8-11-24(18)20(28)25(19)13-17(27)23-9-2-3-10-23/h4-7,12H,2-3,8-11,13H2,1H3. The van der Waals surface area contributed by atoms with E-state index >= 15 is 0 Å². The van der Waals surface area contributed by atoms with Crippen molar-refractivity contribution in [3.63, 3.8) is 0 Å². The molecule has 0 atom stereocenters. The summed E-state index contributed by atoms with van der Waals surface area (Å²) in [5, 5.41) is 4.52. The number of hydrogen-bond donors (Lipinski definition) is 0. The highest BCUT2D eigenvalue weighted by Gasteiger charge is 2.41. The summed E-state index contributed by atoms with van der Waals surface area (Å²) in [5.41, 5.74) is 1.55. The van der Waals surface area contributed by atoms with Crippen molar-refractivity contribution in [2.24, 2.45) is 4.99 Å². The first-order valence-corrected chi connectivity index (χ1v) is 9.81. The van der Waals surface area contributed by atoms with Gasteiger partial charge in [0.15, 0.2) is 5.82 Å². The lowest BCUT2D eigenvalue weighted by atomic mass is 10.2. The maximum absolute atomic E-state index is 13.2. The van der Waals surface area contributed by atoms with E-state index in [0.717, 1.165) is 42.9 Å². The van der Waals surface area contributed by atoms with Crippen LogP contribution in [0.25, 0.3) is 5.69 Å². The van der Waals surface area contributed by atoms with Gasteiger partial charge in [-0.3, -0.25) is 19.6 Å². The van der Waals surface area contributed by atoms with Crippen LogP contribution in [0.2, 0.25) is 0 Å². The van der Waals surface area contributed by atoms with Gasteiger partial charge in [-0.05, 0) is 37.1 Å². The number of fused-ring (bicyclic) bond motifs is 3. The molecule has 1 aromatic heterocycles. The number of amides is 3. The molecule has 0 spiro atoms. The summed E-state index contributed by atoms with van der Waals surface area (Å²) < 4.78 is 6.93. The largest absolute Gasteiger partial charge is 0.497 e. The number of urea groups is 1. The van der Waals surface area contributed by atoms with Gasteiger partial charge in [0.1, 0.15) is 18.1 Å². The third-order valence-corrected chi connectivity index (χ3v) is 5.61. The number of rotatable bonds is 4. The fourth-order valence-electron chi connectivity index (χ4n) is 4.12.